The number of carbonyl (C=O) groups excluding carboxylic acids is 4. The third kappa shape index (κ3) is 4.59. The molecule has 0 saturated heterocycles. The average Bonchev–Trinajstić information content (AvgIpc) is 3.52. The number of hydrogen-bond donors (Lipinski definition) is 2. The molecule has 2 aliphatic rings. The number of nitrogens with two attached hydrogens (primary N) is 1. The lowest BCUT2D eigenvalue weighted by atomic mass is 9.81. The van der Waals surface area contributed by atoms with E-state index in [1.807, 2.05) is 0 Å². The summed E-state index contributed by atoms with van der Waals surface area (Å²) in [5.74, 6) is -2.70. The van der Waals surface area contributed by atoms with Crippen LogP contribution in [0.2, 0.25) is 0 Å². The molecule has 2 aliphatic carbocycles. The molecule has 1 heterocycles. The van der Waals surface area contributed by atoms with Crippen LogP contribution in [0.3, 0.4) is 0 Å². The molecule has 0 fully saturated rings. The summed E-state index contributed by atoms with van der Waals surface area (Å²) in [4.78, 5) is 63.2. The highest BCUT2D eigenvalue weighted by Crippen LogP contribution is 2.45. The number of halogens is 3. The lowest BCUT2D eigenvalue weighted by molar-refractivity contribution is -0.137. The summed E-state index contributed by atoms with van der Waals surface area (Å²) < 4.78 is 40.8. The van der Waals surface area contributed by atoms with E-state index in [9.17, 15) is 37.5 Å². The van der Waals surface area contributed by atoms with Crippen LogP contribution in [0.5, 0.6) is 0 Å². The average molecular weight is 674 g/mol. The third-order valence-corrected chi connectivity index (χ3v) is 9.61. The maximum absolute atomic E-state index is 13.9. The summed E-state index contributed by atoms with van der Waals surface area (Å²) in [6.07, 6.45) is -4.69. The molecular formula is C37H18F3N3O5S. The first-order chi connectivity index (χ1) is 23.4. The summed E-state index contributed by atoms with van der Waals surface area (Å²) in [6.45, 7) is 0. The quantitative estimate of drug-likeness (QED) is 0.111. The largest absolute Gasteiger partial charge is 0.493 e. The van der Waals surface area contributed by atoms with E-state index in [0.717, 1.165) is 23.5 Å². The van der Waals surface area contributed by atoms with Gasteiger partial charge >= 0.3 is 6.18 Å². The Morgan fingerprint density at radius 2 is 1.24 bits per heavy atom. The fraction of sp³-hybridized carbons (Fsp3) is 0.0270. The second-order valence-electron chi connectivity index (χ2n) is 11.4. The van der Waals surface area contributed by atoms with E-state index in [4.69, 9.17) is 5.73 Å². The molecule has 3 N–H and O–H groups in total. The Morgan fingerprint density at radius 3 is 1.86 bits per heavy atom. The van der Waals surface area contributed by atoms with Crippen LogP contribution in [0.15, 0.2) is 96.0 Å². The molecule has 238 valence electrons. The van der Waals surface area contributed by atoms with Gasteiger partial charge in [0, 0.05) is 44.5 Å². The van der Waals surface area contributed by atoms with Gasteiger partial charge in [-0.15, -0.1) is 11.3 Å². The van der Waals surface area contributed by atoms with Gasteiger partial charge in [-0.2, -0.15) is 13.2 Å². The highest BCUT2D eigenvalue weighted by atomic mass is 32.1. The van der Waals surface area contributed by atoms with Crippen LogP contribution < -0.4 is 5.73 Å². The number of rotatable bonds is 3. The smallest absolute Gasteiger partial charge is 0.416 e. The Kier molecular flexibility index (Phi) is 6.52. The minimum absolute atomic E-state index is 0.0723. The SMILES string of the molecule is Nc1c(-c2nc3cc4c(cc3s2)C(=O)c2ccccc2C4=O)cc(N=C(O)c2cccc(C(F)(F)F)c2)c2c1C(=O)c1ccccc1C2=O. The second-order valence-corrected chi connectivity index (χ2v) is 12.4. The monoisotopic (exact) mass is 673 g/mol. The molecule has 0 radical (unpaired) electrons. The van der Waals surface area contributed by atoms with Crippen LogP contribution in [-0.4, -0.2) is 39.1 Å². The number of thiazole rings is 1. The predicted molar refractivity (Wildman–Crippen MR) is 176 cm³/mol. The summed E-state index contributed by atoms with van der Waals surface area (Å²) in [7, 11) is 0. The van der Waals surface area contributed by atoms with Crippen molar-refractivity contribution < 1.29 is 37.5 Å². The van der Waals surface area contributed by atoms with Gasteiger partial charge in [0.05, 0.1) is 38.3 Å². The highest BCUT2D eigenvalue weighted by Gasteiger charge is 2.36. The molecule has 0 spiro atoms. The van der Waals surface area contributed by atoms with Crippen LogP contribution in [0.4, 0.5) is 24.5 Å². The number of nitrogen functional groups attached to an aromatic ring is 1. The lowest BCUT2D eigenvalue weighted by Gasteiger charge is -2.22. The first kappa shape index (κ1) is 30.1. The molecule has 0 atom stereocenters. The number of aliphatic hydroxyl groups excluding tert-OH is 1. The van der Waals surface area contributed by atoms with Gasteiger partial charge in [0.1, 0.15) is 5.01 Å². The number of aromatic nitrogens is 1. The van der Waals surface area contributed by atoms with E-state index in [2.05, 4.69) is 9.98 Å². The molecule has 0 amide bonds. The number of benzene rings is 5. The number of aliphatic imine (C=N–C) groups is 1. The Balaban J connectivity index is 1.33. The standard InChI is InChI=1S/C37H18F3N3O5S/c38-37(39,40)17-7-5-6-16(12-17)35(48)42-26-14-24(30(41)29-28(26)33(46)20-10-3-4-11-21(20)34(29)47)36-43-25-13-22-23(15-27(25)49-36)32(45)19-9-2-1-8-18(19)31(22)44/h1-15H,41H2,(H,42,48). The van der Waals surface area contributed by atoms with E-state index in [1.165, 1.54) is 30.3 Å². The zero-order chi connectivity index (χ0) is 34.4. The second kappa shape index (κ2) is 10.6. The van der Waals surface area contributed by atoms with Crippen LogP contribution >= 0.6 is 11.3 Å². The van der Waals surface area contributed by atoms with Crippen LogP contribution in [0.1, 0.15) is 74.8 Å². The fourth-order valence-electron chi connectivity index (χ4n) is 6.21. The summed E-state index contributed by atoms with van der Waals surface area (Å²) in [5, 5.41) is 11.2. The molecule has 0 unspecified atom stereocenters. The molecule has 5 aromatic carbocycles. The number of carbonyl (C=O) groups is 4. The van der Waals surface area contributed by atoms with Crippen molar-refractivity contribution in [2.24, 2.45) is 4.99 Å². The Hall–Kier alpha value is -6.27. The number of nitrogens with zero attached hydrogens (tertiary/aromatic N) is 2. The van der Waals surface area contributed by atoms with Gasteiger partial charge in [0.15, 0.2) is 23.1 Å². The highest BCUT2D eigenvalue weighted by molar-refractivity contribution is 7.21. The Bertz CT molecular complexity index is 2480. The maximum Gasteiger partial charge on any atom is 0.416 e. The number of anilines is 1. The molecule has 0 saturated carbocycles. The third-order valence-electron chi connectivity index (χ3n) is 8.56. The van der Waals surface area contributed by atoms with E-state index in [-0.39, 0.29) is 83.6 Å². The zero-order valence-electron chi connectivity index (χ0n) is 24.8. The van der Waals surface area contributed by atoms with Gasteiger partial charge in [-0.3, -0.25) is 19.2 Å². The molecule has 1 aromatic heterocycles. The minimum Gasteiger partial charge on any atom is -0.493 e. The molecule has 6 aromatic rings. The maximum atomic E-state index is 13.9. The van der Waals surface area contributed by atoms with Crippen molar-refractivity contribution in [3.8, 4) is 10.6 Å². The summed E-state index contributed by atoms with van der Waals surface area (Å²) in [6, 6.07) is 20.9. The van der Waals surface area contributed by atoms with Crippen molar-refractivity contribution in [3.63, 3.8) is 0 Å². The number of ketones is 4. The van der Waals surface area contributed by atoms with Crippen molar-refractivity contribution >= 4 is 62.0 Å². The number of hydrogen-bond acceptors (Lipinski definition) is 8. The predicted octanol–water partition coefficient (Wildman–Crippen LogP) is 7.75. The van der Waals surface area contributed by atoms with Gasteiger partial charge in [-0.1, -0.05) is 54.6 Å². The summed E-state index contributed by atoms with van der Waals surface area (Å²) >= 11 is 1.10. The number of aliphatic hydroxyl groups is 1. The van der Waals surface area contributed by atoms with Crippen molar-refractivity contribution in [3.05, 3.63) is 147 Å². The van der Waals surface area contributed by atoms with Gasteiger partial charge in [0.2, 0.25) is 5.90 Å². The van der Waals surface area contributed by atoms with Crippen LogP contribution in [-0.2, 0) is 6.18 Å². The first-order valence-electron chi connectivity index (χ1n) is 14.7. The van der Waals surface area contributed by atoms with Gasteiger partial charge < -0.3 is 10.8 Å². The molecule has 49 heavy (non-hydrogen) atoms. The van der Waals surface area contributed by atoms with Crippen molar-refractivity contribution in [2.75, 3.05) is 5.73 Å². The minimum atomic E-state index is -4.69. The van der Waals surface area contributed by atoms with E-state index >= 15 is 0 Å². The van der Waals surface area contributed by atoms with E-state index in [0.29, 0.717) is 16.3 Å². The lowest BCUT2D eigenvalue weighted by Crippen LogP contribution is -2.23. The molecule has 0 bridgehead atoms. The molecule has 0 aliphatic heterocycles. The molecular weight excluding hydrogens is 655 g/mol. The van der Waals surface area contributed by atoms with Crippen molar-refractivity contribution in [1.82, 2.24) is 4.98 Å². The van der Waals surface area contributed by atoms with Gasteiger partial charge in [0.25, 0.3) is 0 Å². The summed E-state index contributed by atoms with van der Waals surface area (Å²) in [5.41, 5.74) is 6.19. The van der Waals surface area contributed by atoms with E-state index in [1.54, 1.807) is 42.5 Å². The van der Waals surface area contributed by atoms with E-state index < -0.39 is 29.2 Å². The van der Waals surface area contributed by atoms with Gasteiger partial charge in [-0.25, -0.2) is 9.98 Å². The topological polar surface area (TPSA) is 140 Å². The molecule has 12 heteroatoms. The molecule has 8 rings (SSSR count). The number of alkyl halides is 3. The Morgan fingerprint density at radius 1 is 0.673 bits per heavy atom. The fourth-order valence-corrected chi connectivity index (χ4v) is 7.23. The van der Waals surface area contributed by atoms with Crippen LogP contribution in [0, 0.1) is 0 Å². The zero-order valence-corrected chi connectivity index (χ0v) is 25.6. The van der Waals surface area contributed by atoms with Gasteiger partial charge in [-0.05, 0) is 36.4 Å². The Labute approximate surface area is 278 Å². The normalized spacial score (nSPS) is 14.1. The van der Waals surface area contributed by atoms with Crippen molar-refractivity contribution in [2.45, 2.75) is 6.18 Å². The van der Waals surface area contributed by atoms with Crippen LogP contribution in [0.25, 0.3) is 20.8 Å². The first-order valence-corrected chi connectivity index (χ1v) is 15.5. The van der Waals surface area contributed by atoms with Crippen molar-refractivity contribution in [1.29, 1.82) is 0 Å². The number of fused-ring (bicyclic) bond motifs is 5. The molecule has 8 nitrogen and oxygen atoms in total.